The normalized spacial score (nSPS) is 21.2. The summed E-state index contributed by atoms with van der Waals surface area (Å²) in [5.41, 5.74) is -0.763. The molecule has 2 fully saturated rings. The number of amides is 2. The maximum atomic E-state index is 12.7. The number of rotatable bonds is 5. The second-order valence-corrected chi connectivity index (χ2v) is 8.27. The predicted molar refractivity (Wildman–Crippen MR) is 102 cm³/mol. The van der Waals surface area contributed by atoms with Crippen molar-refractivity contribution in [3.8, 4) is 0 Å². The zero-order valence-electron chi connectivity index (χ0n) is 16.7. The molecule has 2 amide bonds. The Kier molecular flexibility index (Phi) is 6.33. The largest absolute Gasteiger partial charge is 0.417 e. The van der Waals surface area contributed by atoms with Crippen LogP contribution >= 0.6 is 0 Å². The Labute approximate surface area is 168 Å². The van der Waals surface area contributed by atoms with Crippen LogP contribution in [0.15, 0.2) is 18.3 Å². The minimum absolute atomic E-state index is 0.00227. The van der Waals surface area contributed by atoms with Crippen molar-refractivity contribution in [3.63, 3.8) is 0 Å². The Balaban J connectivity index is 1.47. The molecule has 0 bridgehead atoms. The number of pyridine rings is 1. The van der Waals surface area contributed by atoms with E-state index in [-0.39, 0.29) is 30.2 Å². The monoisotopic (exact) mass is 412 g/mol. The number of aromatic nitrogens is 1. The van der Waals surface area contributed by atoms with Gasteiger partial charge in [0.1, 0.15) is 5.82 Å². The van der Waals surface area contributed by atoms with Gasteiger partial charge in [-0.25, -0.2) is 4.98 Å². The standard InChI is InChI=1S/C20H27F3N4O2/c1-13(2)11-27-12-14(9-18(27)28)19(29)25-16-5-7-26(8-6-16)17-4-3-15(10-24-17)20(21,22)23/h3-4,10,13-14,16H,5-9,11-12H2,1-2H3,(H,25,29). The van der Waals surface area contributed by atoms with Gasteiger partial charge in [-0.05, 0) is 30.9 Å². The van der Waals surface area contributed by atoms with Gasteiger partial charge in [0.25, 0.3) is 0 Å². The quantitative estimate of drug-likeness (QED) is 0.808. The highest BCUT2D eigenvalue weighted by Crippen LogP contribution is 2.30. The molecule has 1 N–H and O–H groups in total. The van der Waals surface area contributed by atoms with Crippen molar-refractivity contribution < 1.29 is 22.8 Å². The number of likely N-dealkylation sites (tertiary alicyclic amines) is 1. The van der Waals surface area contributed by atoms with Crippen molar-refractivity contribution in [2.24, 2.45) is 11.8 Å². The van der Waals surface area contributed by atoms with E-state index in [1.165, 1.54) is 6.07 Å². The maximum absolute atomic E-state index is 12.7. The van der Waals surface area contributed by atoms with Gasteiger partial charge in [-0.3, -0.25) is 9.59 Å². The van der Waals surface area contributed by atoms with Crippen LogP contribution in [-0.4, -0.2) is 53.9 Å². The fraction of sp³-hybridized carbons (Fsp3) is 0.650. The summed E-state index contributed by atoms with van der Waals surface area (Å²) in [5.74, 6) is 0.506. The van der Waals surface area contributed by atoms with Gasteiger partial charge in [0.2, 0.25) is 11.8 Å². The van der Waals surface area contributed by atoms with Gasteiger partial charge in [0.05, 0.1) is 11.5 Å². The van der Waals surface area contributed by atoms with E-state index in [4.69, 9.17) is 0 Å². The summed E-state index contributed by atoms with van der Waals surface area (Å²) < 4.78 is 38.0. The maximum Gasteiger partial charge on any atom is 0.417 e. The lowest BCUT2D eigenvalue weighted by molar-refractivity contribution is -0.137. The zero-order valence-corrected chi connectivity index (χ0v) is 16.7. The van der Waals surface area contributed by atoms with Crippen molar-refractivity contribution in [1.82, 2.24) is 15.2 Å². The average Bonchev–Trinajstić information content (AvgIpc) is 3.02. The van der Waals surface area contributed by atoms with Crippen molar-refractivity contribution in [2.75, 3.05) is 31.1 Å². The molecular weight excluding hydrogens is 385 g/mol. The molecule has 2 saturated heterocycles. The first-order valence-electron chi connectivity index (χ1n) is 10.00. The number of hydrogen-bond donors (Lipinski definition) is 1. The summed E-state index contributed by atoms with van der Waals surface area (Å²) in [6, 6.07) is 2.42. The van der Waals surface area contributed by atoms with Gasteiger partial charge in [-0.15, -0.1) is 0 Å². The van der Waals surface area contributed by atoms with E-state index in [0.717, 1.165) is 12.3 Å². The van der Waals surface area contributed by atoms with Gasteiger partial charge in [-0.1, -0.05) is 13.8 Å². The Morgan fingerprint density at radius 3 is 2.52 bits per heavy atom. The lowest BCUT2D eigenvalue weighted by Gasteiger charge is -2.33. The van der Waals surface area contributed by atoms with Gasteiger partial charge in [0, 0.05) is 44.8 Å². The van der Waals surface area contributed by atoms with Crippen LogP contribution in [-0.2, 0) is 15.8 Å². The Morgan fingerprint density at radius 2 is 1.97 bits per heavy atom. The molecule has 0 aliphatic carbocycles. The van der Waals surface area contributed by atoms with E-state index in [2.05, 4.69) is 10.3 Å². The topological polar surface area (TPSA) is 65.5 Å². The van der Waals surface area contributed by atoms with Crippen LogP contribution < -0.4 is 10.2 Å². The second-order valence-electron chi connectivity index (χ2n) is 8.27. The van der Waals surface area contributed by atoms with Crippen LogP contribution in [0.4, 0.5) is 19.0 Å². The Bertz CT molecular complexity index is 728. The van der Waals surface area contributed by atoms with Crippen LogP contribution in [0.3, 0.4) is 0 Å². The van der Waals surface area contributed by atoms with Crippen molar-refractivity contribution in [2.45, 2.75) is 45.3 Å². The fourth-order valence-electron chi connectivity index (χ4n) is 3.88. The third kappa shape index (κ3) is 5.39. The molecule has 1 unspecified atom stereocenters. The summed E-state index contributed by atoms with van der Waals surface area (Å²) in [6.45, 7) is 6.43. The van der Waals surface area contributed by atoms with Crippen LogP contribution in [0.1, 0.15) is 38.7 Å². The molecule has 160 valence electrons. The number of anilines is 1. The molecule has 2 aliphatic rings. The summed E-state index contributed by atoms with van der Waals surface area (Å²) in [5, 5.41) is 3.04. The molecule has 3 rings (SSSR count). The number of carbonyl (C=O) groups excluding carboxylic acids is 2. The SMILES string of the molecule is CC(C)CN1CC(C(=O)NC2CCN(c3ccc(C(F)(F)F)cn3)CC2)CC1=O. The van der Waals surface area contributed by atoms with E-state index < -0.39 is 11.7 Å². The van der Waals surface area contributed by atoms with E-state index in [1.54, 1.807) is 4.90 Å². The van der Waals surface area contributed by atoms with Gasteiger partial charge >= 0.3 is 6.18 Å². The van der Waals surface area contributed by atoms with Crippen LogP contribution in [0.25, 0.3) is 0 Å². The zero-order chi connectivity index (χ0) is 21.2. The highest BCUT2D eigenvalue weighted by atomic mass is 19.4. The van der Waals surface area contributed by atoms with E-state index in [9.17, 15) is 22.8 Å². The summed E-state index contributed by atoms with van der Waals surface area (Å²) in [6.07, 6.45) is -1.92. The number of nitrogens with zero attached hydrogens (tertiary/aromatic N) is 3. The predicted octanol–water partition coefficient (Wildman–Crippen LogP) is 2.69. The highest BCUT2D eigenvalue weighted by molar-refractivity contribution is 5.89. The van der Waals surface area contributed by atoms with Crippen molar-refractivity contribution in [1.29, 1.82) is 0 Å². The Morgan fingerprint density at radius 1 is 1.28 bits per heavy atom. The molecule has 0 aromatic carbocycles. The number of piperidine rings is 1. The first kappa shape index (κ1) is 21.4. The summed E-state index contributed by atoms with van der Waals surface area (Å²) in [4.78, 5) is 32.2. The van der Waals surface area contributed by atoms with E-state index in [1.807, 2.05) is 18.7 Å². The van der Waals surface area contributed by atoms with Gasteiger partial charge in [-0.2, -0.15) is 13.2 Å². The smallest absolute Gasteiger partial charge is 0.356 e. The van der Waals surface area contributed by atoms with Crippen molar-refractivity contribution in [3.05, 3.63) is 23.9 Å². The summed E-state index contributed by atoms with van der Waals surface area (Å²) >= 11 is 0. The fourth-order valence-corrected chi connectivity index (χ4v) is 3.88. The molecule has 2 aliphatic heterocycles. The number of alkyl halides is 3. The number of carbonyl (C=O) groups is 2. The minimum Gasteiger partial charge on any atom is -0.356 e. The van der Waals surface area contributed by atoms with Crippen molar-refractivity contribution >= 4 is 17.6 Å². The van der Waals surface area contributed by atoms with Crippen LogP contribution in [0.5, 0.6) is 0 Å². The summed E-state index contributed by atoms with van der Waals surface area (Å²) in [7, 11) is 0. The van der Waals surface area contributed by atoms with Crippen LogP contribution in [0, 0.1) is 11.8 Å². The molecule has 1 aromatic heterocycles. The molecular formula is C20H27F3N4O2. The third-order valence-corrected chi connectivity index (χ3v) is 5.41. The lowest BCUT2D eigenvalue weighted by Crippen LogP contribution is -2.47. The first-order valence-corrected chi connectivity index (χ1v) is 10.00. The van der Waals surface area contributed by atoms with Gasteiger partial charge < -0.3 is 15.1 Å². The molecule has 9 heteroatoms. The van der Waals surface area contributed by atoms with E-state index >= 15 is 0 Å². The average molecular weight is 412 g/mol. The first-order chi connectivity index (χ1) is 13.6. The Hall–Kier alpha value is -2.32. The van der Waals surface area contributed by atoms with Gasteiger partial charge in [0.15, 0.2) is 0 Å². The molecule has 6 nitrogen and oxygen atoms in total. The number of hydrogen-bond acceptors (Lipinski definition) is 4. The molecule has 1 atom stereocenters. The molecule has 1 aromatic rings. The van der Waals surface area contributed by atoms with E-state index in [0.29, 0.717) is 50.8 Å². The third-order valence-electron chi connectivity index (χ3n) is 5.41. The minimum atomic E-state index is -4.39. The molecule has 29 heavy (non-hydrogen) atoms. The number of nitrogens with one attached hydrogen (secondary N) is 1. The lowest BCUT2D eigenvalue weighted by atomic mass is 10.0. The highest BCUT2D eigenvalue weighted by Gasteiger charge is 2.35. The molecule has 3 heterocycles. The number of halogens is 3. The second kappa shape index (κ2) is 8.59. The molecule has 0 spiro atoms. The van der Waals surface area contributed by atoms with Crippen LogP contribution in [0.2, 0.25) is 0 Å². The molecule has 0 saturated carbocycles. The molecule has 0 radical (unpaired) electrons.